The molecule has 0 saturated heterocycles. The lowest BCUT2D eigenvalue weighted by Crippen LogP contribution is -2.17. The second-order valence-electron chi connectivity index (χ2n) is 3.32. The Morgan fingerprint density at radius 1 is 1.35 bits per heavy atom. The van der Waals surface area contributed by atoms with E-state index >= 15 is 0 Å². The van der Waals surface area contributed by atoms with Gasteiger partial charge in [-0.3, -0.25) is 4.79 Å². The molecule has 0 unspecified atom stereocenters. The van der Waals surface area contributed by atoms with Crippen LogP contribution in [0.5, 0.6) is 0 Å². The highest BCUT2D eigenvalue weighted by Gasteiger charge is 2.14. The number of esters is 1. The van der Waals surface area contributed by atoms with E-state index in [-0.39, 0.29) is 31.0 Å². The molecule has 0 bridgehead atoms. The number of ether oxygens (including phenoxy) is 1. The number of hydrogen-bond acceptors (Lipinski definition) is 3. The summed E-state index contributed by atoms with van der Waals surface area (Å²) in [5, 5.41) is 0. The number of benzene rings is 1. The minimum absolute atomic E-state index is 0. The van der Waals surface area contributed by atoms with Crippen LogP contribution in [0, 0.1) is 11.6 Å². The Morgan fingerprint density at radius 3 is 2.35 bits per heavy atom. The van der Waals surface area contributed by atoms with Crippen molar-refractivity contribution < 1.29 is 18.3 Å². The van der Waals surface area contributed by atoms with Gasteiger partial charge < -0.3 is 10.5 Å². The Bertz CT molecular complexity index is 367. The Labute approximate surface area is 104 Å². The van der Waals surface area contributed by atoms with Crippen LogP contribution in [-0.2, 0) is 9.53 Å². The van der Waals surface area contributed by atoms with E-state index < -0.39 is 23.6 Å². The van der Waals surface area contributed by atoms with Crippen LogP contribution in [0.25, 0.3) is 0 Å². The average molecular weight is 266 g/mol. The maximum absolute atomic E-state index is 12.9. The average Bonchev–Trinajstić information content (AvgIpc) is 2.16. The Hall–Kier alpha value is -1.20. The Morgan fingerprint density at radius 2 is 1.88 bits per heavy atom. The van der Waals surface area contributed by atoms with Crippen molar-refractivity contribution in [1.82, 2.24) is 0 Å². The van der Waals surface area contributed by atoms with Crippen molar-refractivity contribution in [2.24, 2.45) is 5.73 Å². The minimum Gasteiger partial charge on any atom is -0.466 e. The first-order chi connectivity index (χ1) is 7.52. The molecule has 3 nitrogen and oxygen atoms in total. The second-order valence-corrected chi connectivity index (χ2v) is 3.32. The summed E-state index contributed by atoms with van der Waals surface area (Å²) in [5.41, 5.74) is 5.87. The first-order valence-corrected chi connectivity index (χ1v) is 4.90. The summed E-state index contributed by atoms with van der Waals surface area (Å²) in [4.78, 5) is 11.1. The lowest BCUT2D eigenvalue weighted by molar-refractivity contribution is -0.143. The molecule has 0 spiro atoms. The SMILES string of the molecule is CCOC(=O)C[C@@H](N)c1cc(F)cc(F)c1.Cl. The standard InChI is InChI=1S/C11H13F2NO2.ClH/c1-2-16-11(15)6-10(14)7-3-8(12)5-9(13)4-7;/h3-5,10H,2,6,14H2,1H3;1H/t10-;/m1./s1. The van der Waals surface area contributed by atoms with Crippen LogP contribution < -0.4 is 5.73 Å². The zero-order valence-corrected chi connectivity index (χ0v) is 10.1. The van der Waals surface area contributed by atoms with Crippen LogP contribution in [0.4, 0.5) is 8.78 Å². The number of hydrogen-bond donors (Lipinski definition) is 1. The van der Waals surface area contributed by atoms with Crippen LogP contribution in [0.2, 0.25) is 0 Å². The highest BCUT2D eigenvalue weighted by molar-refractivity contribution is 5.85. The summed E-state index contributed by atoms with van der Waals surface area (Å²) in [7, 11) is 0. The van der Waals surface area contributed by atoms with Gasteiger partial charge in [0.1, 0.15) is 11.6 Å². The molecule has 2 N–H and O–H groups in total. The van der Waals surface area contributed by atoms with E-state index in [2.05, 4.69) is 4.74 Å². The van der Waals surface area contributed by atoms with Crippen molar-refractivity contribution in [3.05, 3.63) is 35.4 Å². The molecule has 1 aromatic rings. The van der Waals surface area contributed by atoms with E-state index in [0.717, 1.165) is 18.2 Å². The molecular formula is C11H14ClF2NO2. The smallest absolute Gasteiger partial charge is 0.307 e. The lowest BCUT2D eigenvalue weighted by atomic mass is 10.0. The summed E-state index contributed by atoms with van der Waals surface area (Å²) in [6.07, 6.45) is -0.100. The molecular weight excluding hydrogens is 252 g/mol. The van der Waals surface area contributed by atoms with E-state index in [4.69, 9.17) is 5.73 Å². The molecule has 0 heterocycles. The van der Waals surface area contributed by atoms with Gasteiger partial charge in [0, 0.05) is 12.1 Å². The Kier molecular flexibility index (Phi) is 6.68. The van der Waals surface area contributed by atoms with Crippen LogP contribution in [0.15, 0.2) is 18.2 Å². The molecule has 0 radical (unpaired) electrons. The van der Waals surface area contributed by atoms with Crippen LogP contribution in [0.3, 0.4) is 0 Å². The molecule has 0 saturated carbocycles. The van der Waals surface area contributed by atoms with Gasteiger partial charge >= 0.3 is 5.97 Å². The first-order valence-electron chi connectivity index (χ1n) is 4.90. The van der Waals surface area contributed by atoms with Crippen molar-refractivity contribution in [3.8, 4) is 0 Å². The lowest BCUT2D eigenvalue weighted by Gasteiger charge is -2.11. The maximum atomic E-state index is 12.9. The number of carbonyl (C=O) groups is 1. The van der Waals surface area contributed by atoms with Gasteiger partial charge in [-0.2, -0.15) is 0 Å². The summed E-state index contributed by atoms with van der Waals surface area (Å²) in [6, 6.07) is 2.20. The molecule has 1 rings (SSSR count). The van der Waals surface area contributed by atoms with Gasteiger partial charge in [-0.05, 0) is 24.6 Å². The third kappa shape index (κ3) is 5.10. The highest BCUT2D eigenvalue weighted by atomic mass is 35.5. The van der Waals surface area contributed by atoms with Crippen molar-refractivity contribution in [1.29, 1.82) is 0 Å². The molecule has 0 aromatic heterocycles. The molecule has 0 aliphatic rings. The number of rotatable bonds is 4. The zero-order valence-electron chi connectivity index (χ0n) is 9.28. The van der Waals surface area contributed by atoms with Gasteiger partial charge in [0.25, 0.3) is 0 Å². The summed E-state index contributed by atoms with van der Waals surface area (Å²) in [6.45, 7) is 1.92. The van der Waals surface area contributed by atoms with Crippen molar-refractivity contribution >= 4 is 18.4 Å². The highest BCUT2D eigenvalue weighted by Crippen LogP contribution is 2.17. The van der Waals surface area contributed by atoms with Gasteiger partial charge in [0.2, 0.25) is 0 Å². The minimum atomic E-state index is -0.760. The normalized spacial score (nSPS) is 11.5. The van der Waals surface area contributed by atoms with Crippen LogP contribution in [0.1, 0.15) is 24.9 Å². The fourth-order valence-corrected chi connectivity index (χ4v) is 1.31. The predicted octanol–water partition coefficient (Wildman–Crippen LogP) is 2.34. The topological polar surface area (TPSA) is 52.3 Å². The first kappa shape index (κ1) is 15.8. The molecule has 1 atom stereocenters. The van der Waals surface area contributed by atoms with Gasteiger partial charge in [0.15, 0.2) is 0 Å². The third-order valence-electron chi connectivity index (χ3n) is 2.00. The molecule has 0 aliphatic heterocycles. The van der Waals surface area contributed by atoms with Gasteiger partial charge in [-0.1, -0.05) is 0 Å². The molecule has 17 heavy (non-hydrogen) atoms. The summed E-state index contributed by atoms with van der Waals surface area (Å²) >= 11 is 0. The quantitative estimate of drug-likeness (QED) is 0.850. The van der Waals surface area contributed by atoms with Crippen LogP contribution >= 0.6 is 12.4 Å². The zero-order chi connectivity index (χ0) is 12.1. The van der Waals surface area contributed by atoms with E-state index in [1.165, 1.54) is 0 Å². The third-order valence-corrected chi connectivity index (χ3v) is 2.00. The van der Waals surface area contributed by atoms with E-state index in [0.29, 0.717) is 0 Å². The molecule has 0 aliphatic carbocycles. The predicted molar refractivity (Wildman–Crippen MR) is 61.8 cm³/mol. The second kappa shape index (κ2) is 7.19. The Balaban J connectivity index is 0.00000256. The number of nitrogens with two attached hydrogens (primary N) is 1. The molecule has 1 aromatic carbocycles. The van der Waals surface area contributed by atoms with Crippen LogP contribution in [-0.4, -0.2) is 12.6 Å². The molecule has 96 valence electrons. The number of halogens is 3. The van der Waals surface area contributed by atoms with Gasteiger partial charge in [-0.15, -0.1) is 12.4 Å². The molecule has 6 heteroatoms. The molecule has 0 amide bonds. The summed E-state index contributed by atoms with van der Waals surface area (Å²) in [5.74, 6) is -1.91. The largest absolute Gasteiger partial charge is 0.466 e. The maximum Gasteiger partial charge on any atom is 0.307 e. The van der Waals surface area contributed by atoms with E-state index in [1.807, 2.05) is 0 Å². The van der Waals surface area contributed by atoms with E-state index in [1.54, 1.807) is 6.92 Å². The van der Waals surface area contributed by atoms with Crippen molar-refractivity contribution in [2.75, 3.05) is 6.61 Å². The number of carbonyl (C=O) groups excluding carboxylic acids is 1. The fraction of sp³-hybridized carbons (Fsp3) is 0.364. The van der Waals surface area contributed by atoms with E-state index in [9.17, 15) is 13.6 Å². The monoisotopic (exact) mass is 265 g/mol. The molecule has 0 fully saturated rings. The fourth-order valence-electron chi connectivity index (χ4n) is 1.31. The summed E-state index contributed by atoms with van der Waals surface area (Å²) < 4.78 is 30.4. The van der Waals surface area contributed by atoms with Crippen molar-refractivity contribution in [2.45, 2.75) is 19.4 Å². The van der Waals surface area contributed by atoms with Gasteiger partial charge in [0.05, 0.1) is 13.0 Å². The van der Waals surface area contributed by atoms with Crippen molar-refractivity contribution in [3.63, 3.8) is 0 Å². The van der Waals surface area contributed by atoms with Gasteiger partial charge in [-0.25, -0.2) is 8.78 Å².